The van der Waals surface area contributed by atoms with E-state index in [4.69, 9.17) is 0 Å². The van der Waals surface area contributed by atoms with Gasteiger partial charge in [-0.25, -0.2) is 4.79 Å². The maximum atomic E-state index is 13.3. The predicted octanol–water partition coefficient (Wildman–Crippen LogP) is 1.56. The first-order valence-corrected chi connectivity index (χ1v) is 10.8. The number of nitrogens with one attached hydrogen (secondary N) is 3. The van der Waals surface area contributed by atoms with E-state index in [9.17, 15) is 19.2 Å². The Morgan fingerprint density at radius 1 is 1.12 bits per heavy atom. The molecular formula is C23H26N6O4. The third-order valence-electron chi connectivity index (χ3n) is 5.66. The van der Waals surface area contributed by atoms with Crippen LogP contribution in [0.4, 0.5) is 16.2 Å². The zero-order valence-electron chi connectivity index (χ0n) is 18.3. The number of pyridine rings is 1. The summed E-state index contributed by atoms with van der Waals surface area (Å²) in [7, 11) is 0. The summed E-state index contributed by atoms with van der Waals surface area (Å²) >= 11 is 0. The highest BCUT2D eigenvalue weighted by Gasteiger charge is 2.47. The van der Waals surface area contributed by atoms with E-state index in [2.05, 4.69) is 20.9 Å². The molecule has 0 saturated carbocycles. The van der Waals surface area contributed by atoms with E-state index in [0.717, 1.165) is 11.3 Å². The summed E-state index contributed by atoms with van der Waals surface area (Å²) in [5.74, 6) is -0.902. The van der Waals surface area contributed by atoms with E-state index in [1.54, 1.807) is 48.7 Å². The van der Waals surface area contributed by atoms with Gasteiger partial charge in [0, 0.05) is 24.5 Å². The van der Waals surface area contributed by atoms with Gasteiger partial charge in [0.15, 0.2) is 0 Å². The van der Waals surface area contributed by atoms with Crippen LogP contribution in [0, 0.1) is 0 Å². The molecule has 1 aromatic heterocycles. The number of anilines is 2. The fourth-order valence-electron chi connectivity index (χ4n) is 4.24. The van der Waals surface area contributed by atoms with Crippen LogP contribution in [0.25, 0.3) is 0 Å². The van der Waals surface area contributed by atoms with Gasteiger partial charge >= 0.3 is 6.03 Å². The van der Waals surface area contributed by atoms with Gasteiger partial charge in [0.2, 0.25) is 17.7 Å². The van der Waals surface area contributed by atoms with Gasteiger partial charge in [0.25, 0.3) is 0 Å². The van der Waals surface area contributed by atoms with Crippen LogP contribution in [0.1, 0.15) is 25.5 Å². The minimum absolute atomic E-state index is 0.0420. The first-order valence-electron chi connectivity index (χ1n) is 10.8. The third-order valence-corrected chi connectivity index (χ3v) is 5.66. The molecule has 10 nitrogen and oxygen atoms in total. The van der Waals surface area contributed by atoms with Crippen molar-refractivity contribution in [2.45, 2.75) is 38.4 Å². The predicted molar refractivity (Wildman–Crippen MR) is 121 cm³/mol. The van der Waals surface area contributed by atoms with E-state index >= 15 is 0 Å². The van der Waals surface area contributed by atoms with Gasteiger partial charge in [-0.05, 0) is 49.7 Å². The first kappa shape index (κ1) is 22.4. The van der Waals surface area contributed by atoms with Crippen LogP contribution in [0.3, 0.4) is 0 Å². The molecule has 2 unspecified atom stereocenters. The molecule has 10 heteroatoms. The SMILES string of the molecule is CC(=O)Nc1cccc(NC(=O)CN2C(=O)N(Cc3ccccn3)C(=O)C3NCCCC32)c1. The van der Waals surface area contributed by atoms with Gasteiger partial charge in [-0.1, -0.05) is 12.1 Å². The van der Waals surface area contributed by atoms with Crippen LogP contribution >= 0.6 is 0 Å². The summed E-state index contributed by atoms with van der Waals surface area (Å²) in [6.45, 7) is 1.92. The molecule has 2 aliphatic rings. The molecule has 1 aromatic carbocycles. The Morgan fingerprint density at radius 3 is 2.64 bits per heavy atom. The van der Waals surface area contributed by atoms with Crippen LogP contribution in [-0.2, 0) is 20.9 Å². The Morgan fingerprint density at radius 2 is 1.91 bits per heavy atom. The molecule has 2 aliphatic heterocycles. The summed E-state index contributed by atoms with van der Waals surface area (Å²) in [4.78, 5) is 57.4. The molecular weight excluding hydrogens is 424 g/mol. The van der Waals surface area contributed by atoms with Crippen molar-refractivity contribution in [1.29, 1.82) is 0 Å². The maximum absolute atomic E-state index is 13.3. The highest BCUT2D eigenvalue weighted by Crippen LogP contribution is 2.26. The van der Waals surface area contributed by atoms with Crippen molar-refractivity contribution in [3.05, 3.63) is 54.4 Å². The smallest absolute Gasteiger partial charge is 0.326 e. The second kappa shape index (κ2) is 9.78. The number of piperidine rings is 1. The Kier molecular flexibility index (Phi) is 6.64. The quantitative estimate of drug-likeness (QED) is 0.614. The number of nitrogens with zero attached hydrogens (tertiary/aromatic N) is 3. The lowest BCUT2D eigenvalue weighted by molar-refractivity contribution is -0.138. The van der Waals surface area contributed by atoms with Gasteiger partial charge < -0.3 is 20.9 Å². The average molecular weight is 450 g/mol. The van der Waals surface area contributed by atoms with Gasteiger partial charge in [-0.15, -0.1) is 0 Å². The minimum atomic E-state index is -0.559. The summed E-state index contributed by atoms with van der Waals surface area (Å²) in [6.07, 6.45) is 3.05. The second-order valence-electron chi connectivity index (χ2n) is 8.11. The molecule has 0 aliphatic carbocycles. The standard InChI is InChI=1S/C23H26N6O4/c1-15(30)26-16-7-4-8-17(12-16)27-20(31)14-28-19-9-5-11-25-21(19)22(32)29(23(28)33)13-18-6-2-3-10-24-18/h2-4,6-8,10,12,19,21,25H,5,9,11,13-14H2,1H3,(H,26,30)(H,27,31). The first-order chi connectivity index (χ1) is 15.9. The fraction of sp³-hybridized carbons (Fsp3) is 0.348. The number of carbonyl (C=O) groups excluding carboxylic acids is 4. The normalized spacial score (nSPS) is 20.3. The van der Waals surface area contributed by atoms with E-state index < -0.39 is 18.1 Å². The second-order valence-corrected chi connectivity index (χ2v) is 8.11. The number of urea groups is 1. The molecule has 2 saturated heterocycles. The number of aromatic nitrogens is 1. The van der Waals surface area contributed by atoms with Crippen LogP contribution in [0.5, 0.6) is 0 Å². The lowest BCUT2D eigenvalue weighted by Crippen LogP contribution is -2.70. The number of amides is 5. The van der Waals surface area contributed by atoms with Crippen molar-refractivity contribution in [1.82, 2.24) is 20.1 Å². The Bertz CT molecular complexity index is 1060. The van der Waals surface area contributed by atoms with Crippen molar-refractivity contribution in [2.75, 3.05) is 23.7 Å². The van der Waals surface area contributed by atoms with Crippen molar-refractivity contribution < 1.29 is 19.2 Å². The number of hydrogen-bond acceptors (Lipinski definition) is 6. The molecule has 0 radical (unpaired) electrons. The maximum Gasteiger partial charge on any atom is 0.327 e. The van der Waals surface area contributed by atoms with Crippen molar-refractivity contribution in [3.63, 3.8) is 0 Å². The molecule has 0 spiro atoms. The third kappa shape index (κ3) is 5.17. The summed E-state index contributed by atoms with van der Waals surface area (Å²) in [5, 5.41) is 8.65. The lowest BCUT2D eigenvalue weighted by atomic mass is 9.93. The molecule has 5 amide bonds. The van der Waals surface area contributed by atoms with E-state index in [-0.39, 0.29) is 30.8 Å². The summed E-state index contributed by atoms with van der Waals surface area (Å²) < 4.78 is 0. The number of fused-ring (bicyclic) bond motifs is 1. The Balaban J connectivity index is 1.50. The molecule has 2 fully saturated rings. The monoisotopic (exact) mass is 450 g/mol. The van der Waals surface area contributed by atoms with E-state index in [0.29, 0.717) is 30.0 Å². The van der Waals surface area contributed by atoms with Crippen molar-refractivity contribution in [2.24, 2.45) is 0 Å². The lowest BCUT2D eigenvalue weighted by Gasteiger charge is -2.46. The fourth-order valence-corrected chi connectivity index (χ4v) is 4.24. The topological polar surface area (TPSA) is 124 Å². The van der Waals surface area contributed by atoms with E-state index in [1.807, 2.05) is 0 Å². The summed E-state index contributed by atoms with van der Waals surface area (Å²) in [5.41, 5.74) is 1.64. The average Bonchev–Trinajstić information content (AvgIpc) is 2.80. The number of rotatable bonds is 6. The number of carbonyl (C=O) groups is 4. The van der Waals surface area contributed by atoms with E-state index in [1.165, 1.54) is 11.8 Å². The highest BCUT2D eigenvalue weighted by atomic mass is 16.2. The van der Waals surface area contributed by atoms with Crippen molar-refractivity contribution in [3.8, 4) is 0 Å². The molecule has 3 N–H and O–H groups in total. The van der Waals surface area contributed by atoms with Crippen LogP contribution in [-0.4, -0.2) is 63.7 Å². The van der Waals surface area contributed by atoms with Gasteiger partial charge in [-0.2, -0.15) is 0 Å². The molecule has 3 heterocycles. The number of imide groups is 1. The summed E-state index contributed by atoms with van der Waals surface area (Å²) in [6, 6.07) is 10.6. The van der Waals surface area contributed by atoms with Crippen LogP contribution in [0.2, 0.25) is 0 Å². The molecule has 33 heavy (non-hydrogen) atoms. The van der Waals surface area contributed by atoms with Crippen LogP contribution in [0.15, 0.2) is 48.7 Å². The molecule has 172 valence electrons. The Hall–Kier alpha value is -3.79. The molecule has 0 bridgehead atoms. The zero-order valence-corrected chi connectivity index (χ0v) is 18.3. The number of hydrogen-bond donors (Lipinski definition) is 3. The van der Waals surface area contributed by atoms with Gasteiger partial charge in [0.1, 0.15) is 12.6 Å². The largest absolute Gasteiger partial charge is 0.327 e. The highest BCUT2D eigenvalue weighted by molar-refractivity contribution is 6.03. The van der Waals surface area contributed by atoms with Crippen LogP contribution < -0.4 is 16.0 Å². The number of benzene rings is 1. The van der Waals surface area contributed by atoms with Crippen molar-refractivity contribution >= 4 is 35.1 Å². The van der Waals surface area contributed by atoms with Gasteiger partial charge in [0.05, 0.1) is 18.3 Å². The molecule has 2 aromatic rings. The van der Waals surface area contributed by atoms with Gasteiger partial charge in [-0.3, -0.25) is 24.3 Å². The molecule has 2 atom stereocenters. The molecule has 4 rings (SSSR count). The minimum Gasteiger partial charge on any atom is -0.326 e. The zero-order chi connectivity index (χ0) is 23.4. The Labute approximate surface area is 191 Å².